The first kappa shape index (κ1) is 16.7. The number of hydrogen-bond donors (Lipinski definition) is 0. The third-order valence-electron chi connectivity index (χ3n) is 5.32. The van der Waals surface area contributed by atoms with E-state index in [1.54, 1.807) is 25.3 Å². The molecule has 0 amide bonds. The summed E-state index contributed by atoms with van der Waals surface area (Å²) in [6, 6.07) is 22.7. The predicted octanol–water partition coefficient (Wildman–Crippen LogP) is 4.82. The second-order valence-electron chi connectivity index (χ2n) is 7.03. The Hall–Kier alpha value is -4.19. The predicted molar refractivity (Wildman–Crippen MR) is 116 cm³/mol. The van der Waals surface area contributed by atoms with Crippen LogP contribution >= 0.6 is 0 Å². The molecule has 0 radical (unpaired) electrons. The van der Waals surface area contributed by atoms with E-state index >= 15 is 0 Å². The van der Waals surface area contributed by atoms with Crippen LogP contribution in [0, 0.1) is 0 Å². The first-order valence-corrected chi connectivity index (χ1v) is 9.52. The number of benzene rings is 3. The SMILES string of the molecule is COc1ccc2c(=O)c3c(nc(-c4ccccc4)n4c5ccccc5nc34)oc2c1. The lowest BCUT2D eigenvalue weighted by Gasteiger charge is -2.09. The van der Waals surface area contributed by atoms with Crippen LogP contribution in [0.4, 0.5) is 0 Å². The molecule has 3 aromatic carbocycles. The minimum atomic E-state index is -0.165. The van der Waals surface area contributed by atoms with Gasteiger partial charge in [0, 0.05) is 11.6 Å². The average Bonchev–Trinajstić information content (AvgIpc) is 3.18. The summed E-state index contributed by atoms with van der Waals surface area (Å²) >= 11 is 0. The van der Waals surface area contributed by atoms with Gasteiger partial charge >= 0.3 is 0 Å². The van der Waals surface area contributed by atoms with Gasteiger partial charge in [0.1, 0.15) is 22.5 Å². The number of methoxy groups -OCH3 is 1. The Morgan fingerprint density at radius 2 is 1.73 bits per heavy atom. The Bertz CT molecular complexity index is 1650. The fourth-order valence-corrected chi connectivity index (χ4v) is 3.90. The maximum atomic E-state index is 13.4. The molecule has 6 aromatic rings. The van der Waals surface area contributed by atoms with E-state index in [4.69, 9.17) is 19.1 Å². The molecule has 0 atom stereocenters. The molecule has 6 heteroatoms. The fourth-order valence-electron chi connectivity index (χ4n) is 3.90. The van der Waals surface area contributed by atoms with Crippen molar-refractivity contribution in [1.82, 2.24) is 14.4 Å². The van der Waals surface area contributed by atoms with E-state index in [0.29, 0.717) is 33.6 Å². The Morgan fingerprint density at radius 1 is 0.933 bits per heavy atom. The molecule has 3 aromatic heterocycles. The van der Waals surface area contributed by atoms with E-state index in [-0.39, 0.29) is 11.1 Å². The summed E-state index contributed by atoms with van der Waals surface area (Å²) in [5.74, 6) is 1.28. The number of para-hydroxylation sites is 2. The molecule has 0 fully saturated rings. The van der Waals surface area contributed by atoms with E-state index < -0.39 is 0 Å². The Balaban J connectivity index is 1.87. The Kier molecular flexibility index (Phi) is 3.43. The molecule has 0 bridgehead atoms. The molecule has 0 saturated carbocycles. The minimum Gasteiger partial charge on any atom is -0.497 e. The summed E-state index contributed by atoms with van der Waals surface area (Å²) in [7, 11) is 1.58. The van der Waals surface area contributed by atoms with Gasteiger partial charge in [-0.1, -0.05) is 42.5 Å². The standard InChI is InChI=1S/C24H15N3O3/c1-29-15-11-12-16-19(13-15)30-24-20(21(16)28)23-25-17-9-5-6-10-18(17)27(23)22(26-24)14-7-3-2-4-8-14/h2-13H,1H3. The van der Waals surface area contributed by atoms with Gasteiger partial charge in [-0.2, -0.15) is 4.98 Å². The van der Waals surface area contributed by atoms with E-state index in [9.17, 15) is 4.79 Å². The molecule has 3 heterocycles. The summed E-state index contributed by atoms with van der Waals surface area (Å²) in [6.45, 7) is 0. The highest BCUT2D eigenvalue weighted by Gasteiger charge is 2.20. The quantitative estimate of drug-likeness (QED) is 0.395. The van der Waals surface area contributed by atoms with Gasteiger partial charge in [-0.25, -0.2) is 4.98 Å². The molecule has 0 spiro atoms. The molecule has 144 valence electrons. The van der Waals surface area contributed by atoms with Crippen molar-refractivity contribution < 1.29 is 9.15 Å². The van der Waals surface area contributed by atoms with Crippen LogP contribution < -0.4 is 10.2 Å². The van der Waals surface area contributed by atoms with Crippen LogP contribution in [0.15, 0.2) is 82.0 Å². The van der Waals surface area contributed by atoms with Crippen LogP contribution in [0.5, 0.6) is 5.75 Å². The number of ether oxygens (including phenoxy) is 1. The minimum absolute atomic E-state index is 0.165. The van der Waals surface area contributed by atoms with Crippen molar-refractivity contribution >= 4 is 38.7 Å². The monoisotopic (exact) mass is 393 g/mol. The van der Waals surface area contributed by atoms with Crippen LogP contribution in [0.2, 0.25) is 0 Å². The number of fused-ring (bicyclic) bond motifs is 6. The summed E-state index contributed by atoms with van der Waals surface area (Å²) in [4.78, 5) is 23.0. The highest BCUT2D eigenvalue weighted by Crippen LogP contribution is 2.30. The van der Waals surface area contributed by atoms with Crippen LogP contribution in [0.1, 0.15) is 0 Å². The molecule has 6 rings (SSSR count). The molecule has 0 aliphatic carbocycles. The summed E-state index contributed by atoms with van der Waals surface area (Å²) in [6.07, 6.45) is 0. The third kappa shape index (κ3) is 2.27. The van der Waals surface area contributed by atoms with Gasteiger partial charge in [0.05, 0.1) is 23.5 Å². The van der Waals surface area contributed by atoms with Crippen molar-refractivity contribution in [2.45, 2.75) is 0 Å². The zero-order chi connectivity index (χ0) is 20.2. The van der Waals surface area contributed by atoms with Gasteiger partial charge in [0.2, 0.25) is 11.1 Å². The van der Waals surface area contributed by atoms with Crippen molar-refractivity contribution in [2.24, 2.45) is 0 Å². The molecule has 0 unspecified atom stereocenters. The van der Waals surface area contributed by atoms with Crippen molar-refractivity contribution in [3.8, 4) is 17.1 Å². The lowest BCUT2D eigenvalue weighted by Crippen LogP contribution is -2.08. The summed E-state index contributed by atoms with van der Waals surface area (Å²) < 4.78 is 13.3. The zero-order valence-corrected chi connectivity index (χ0v) is 16.0. The topological polar surface area (TPSA) is 69.6 Å². The van der Waals surface area contributed by atoms with Crippen LogP contribution in [0.3, 0.4) is 0 Å². The second-order valence-corrected chi connectivity index (χ2v) is 7.03. The van der Waals surface area contributed by atoms with Gasteiger partial charge in [0.25, 0.3) is 0 Å². The molecular weight excluding hydrogens is 378 g/mol. The number of hydrogen-bond acceptors (Lipinski definition) is 5. The lowest BCUT2D eigenvalue weighted by atomic mass is 10.1. The highest BCUT2D eigenvalue weighted by molar-refractivity contribution is 6.00. The molecule has 6 nitrogen and oxygen atoms in total. The van der Waals surface area contributed by atoms with Gasteiger partial charge in [-0.15, -0.1) is 0 Å². The van der Waals surface area contributed by atoms with Crippen molar-refractivity contribution in [2.75, 3.05) is 7.11 Å². The molecule has 0 saturated heterocycles. The molecule has 30 heavy (non-hydrogen) atoms. The molecule has 0 aliphatic rings. The number of nitrogens with zero attached hydrogens (tertiary/aromatic N) is 3. The highest BCUT2D eigenvalue weighted by atomic mass is 16.5. The normalized spacial score (nSPS) is 11.6. The Morgan fingerprint density at radius 3 is 2.57 bits per heavy atom. The first-order valence-electron chi connectivity index (χ1n) is 9.52. The van der Waals surface area contributed by atoms with Crippen molar-refractivity contribution in [3.63, 3.8) is 0 Å². The number of imidazole rings is 1. The van der Waals surface area contributed by atoms with E-state index in [1.165, 1.54) is 0 Å². The molecular formula is C24H15N3O3. The lowest BCUT2D eigenvalue weighted by molar-refractivity contribution is 0.414. The van der Waals surface area contributed by atoms with Gasteiger partial charge < -0.3 is 9.15 Å². The number of aromatic nitrogens is 3. The van der Waals surface area contributed by atoms with Crippen molar-refractivity contribution in [3.05, 3.63) is 83.0 Å². The third-order valence-corrected chi connectivity index (χ3v) is 5.32. The first-order chi connectivity index (χ1) is 14.7. The van der Waals surface area contributed by atoms with Gasteiger partial charge in [0.15, 0.2) is 5.65 Å². The van der Waals surface area contributed by atoms with Gasteiger partial charge in [-0.3, -0.25) is 9.20 Å². The molecule has 0 aliphatic heterocycles. The summed E-state index contributed by atoms with van der Waals surface area (Å²) in [5.41, 5.74) is 3.63. The second kappa shape index (κ2) is 6.15. The van der Waals surface area contributed by atoms with Crippen LogP contribution in [-0.4, -0.2) is 21.5 Å². The van der Waals surface area contributed by atoms with E-state index in [0.717, 1.165) is 16.6 Å². The number of rotatable bonds is 2. The maximum Gasteiger partial charge on any atom is 0.236 e. The molecule has 0 N–H and O–H groups in total. The van der Waals surface area contributed by atoms with Crippen LogP contribution in [-0.2, 0) is 0 Å². The van der Waals surface area contributed by atoms with E-state index in [1.807, 2.05) is 59.0 Å². The van der Waals surface area contributed by atoms with Crippen LogP contribution in [0.25, 0.3) is 50.1 Å². The Labute approximate surface area is 170 Å². The largest absolute Gasteiger partial charge is 0.497 e. The summed E-state index contributed by atoms with van der Waals surface area (Å²) in [5, 5.41) is 0.829. The maximum absolute atomic E-state index is 13.4. The van der Waals surface area contributed by atoms with E-state index in [2.05, 4.69) is 0 Å². The average molecular weight is 393 g/mol. The fraction of sp³-hybridized carbons (Fsp3) is 0.0417. The zero-order valence-electron chi connectivity index (χ0n) is 16.0. The smallest absolute Gasteiger partial charge is 0.236 e. The van der Waals surface area contributed by atoms with Crippen molar-refractivity contribution in [1.29, 1.82) is 0 Å². The van der Waals surface area contributed by atoms with Gasteiger partial charge in [-0.05, 0) is 24.3 Å².